The molecular formula is C16H13N3O2. The van der Waals surface area contributed by atoms with Crippen LogP contribution in [0.15, 0.2) is 54.9 Å². The summed E-state index contributed by atoms with van der Waals surface area (Å²) in [6.45, 7) is 0. The maximum atomic E-state index is 11.4. The maximum absolute atomic E-state index is 11.4. The lowest BCUT2D eigenvalue weighted by atomic mass is 10.1. The Balaban J connectivity index is 2.11. The van der Waals surface area contributed by atoms with Crippen molar-refractivity contribution in [2.45, 2.75) is 0 Å². The first-order valence-corrected chi connectivity index (χ1v) is 6.35. The van der Waals surface area contributed by atoms with E-state index < -0.39 is 5.91 Å². The minimum absolute atomic E-state index is 0.325. The SMILES string of the molecule is NC(=O)c1ccccc1Oc1ccc(N)c2ccncc12. The molecule has 5 nitrogen and oxygen atoms in total. The lowest BCUT2D eigenvalue weighted by Gasteiger charge is -2.12. The summed E-state index contributed by atoms with van der Waals surface area (Å²) in [4.78, 5) is 15.5. The monoisotopic (exact) mass is 279 g/mol. The van der Waals surface area contributed by atoms with Crippen molar-refractivity contribution in [3.63, 3.8) is 0 Å². The Morgan fingerprint density at radius 3 is 2.62 bits per heavy atom. The van der Waals surface area contributed by atoms with Crippen molar-refractivity contribution in [1.29, 1.82) is 0 Å². The number of benzene rings is 2. The molecular weight excluding hydrogens is 266 g/mol. The van der Waals surface area contributed by atoms with Crippen LogP contribution < -0.4 is 16.2 Å². The fourth-order valence-electron chi connectivity index (χ4n) is 2.15. The molecule has 0 fully saturated rings. The Kier molecular flexibility index (Phi) is 3.16. The number of rotatable bonds is 3. The predicted octanol–water partition coefficient (Wildman–Crippen LogP) is 2.71. The third kappa shape index (κ3) is 2.36. The summed E-state index contributed by atoms with van der Waals surface area (Å²) in [5.41, 5.74) is 12.3. The molecule has 1 heterocycles. The number of fused-ring (bicyclic) bond motifs is 1. The molecule has 21 heavy (non-hydrogen) atoms. The van der Waals surface area contributed by atoms with Crippen molar-refractivity contribution in [3.8, 4) is 11.5 Å². The lowest BCUT2D eigenvalue weighted by Crippen LogP contribution is -2.12. The minimum Gasteiger partial charge on any atom is -0.456 e. The molecule has 0 atom stereocenters. The first-order valence-electron chi connectivity index (χ1n) is 6.35. The van der Waals surface area contributed by atoms with Crippen LogP contribution in [-0.4, -0.2) is 10.9 Å². The fourth-order valence-corrected chi connectivity index (χ4v) is 2.15. The number of hydrogen-bond donors (Lipinski definition) is 2. The molecule has 1 amide bonds. The number of ether oxygens (including phenoxy) is 1. The smallest absolute Gasteiger partial charge is 0.252 e. The molecule has 5 heteroatoms. The van der Waals surface area contributed by atoms with Gasteiger partial charge in [0.25, 0.3) is 5.91 Å². The predicted molar refractivity (Wildman–Crippen MR) is 81.2 cm³/mol. The number of nitrogens with zero attached hydrogens (tertiary/aromatic N) is 1. The molecule has 0 aliphatic carbocycles. The quantitative estimate of drug-likeness (QED) is 0.721. The Morgan fingerprint density at radius 1 is 1.00 bits per heavy atom. The van der Waals surface area contributed by atoms with Gasteiger partial charge >= 0.3 is 0 Å². The summed E-state index contributed by atoms with van der Waals surface area (Å²) in [5, 5.41) is 1.62. The summed E-state index contributed by atoms with van der Waals surface area (Å²) in [6, 6.07) is 12.1. The molecule has 3 aromatic rings. The molecule has 0 radical (unpaired) electrons. The first-order chi connectivity index (χ1) is 10.2. The van der Waals surface area contributed by atoms with Crippen molar-refractivity contribution in [2.75, 3.05) is 5.73 Å². The Hall–Kier alpha value is -3.08. The zero-order chi connectivity index (χ0) is 14.8. The molecule has 0 bridgehead atoms. The van der Waals surface area contributed by atoms with Gasteiger partial charge in [-0.3, -0.25) is 9.78 Å². The zero-order valence-electron chi connectivity index (χ0n) is 11.1. The van der Waals surface area contributed by atoms with E-state index in [4.69, 9.17) is 16.2 Å². The molecule has 0 aliphatic heterocycles. The van der Waals surface area contributed by atoms with Crippen LogP contribution in [0.25, 0.3) is 10.8 Å². The van der Waals surface area contributed by atoms with Crippen molar-refractivity contribution in [3.05, 3.63) is 60.4 Å². The maximum Gasteiger partial charge on any atom is 0.252 e. The van der Waals surface area contributed by atoms with Gasteiger partial charge in [-0.05, 0) is 30.3 Å². The minimum atomic E-state index is -0.538. The molecule has 4 N–H and O–H groups in total. The number of pyridine rings is 1. The highest BCUT2D eigenvalue weighted by Gasteiger charge is 2.11. The van der Waals surface area contributed by atoms with E-state index in [9.17, 15) is 4.79 Å². The zero-order valence-corrected chi connectivity index (χ0v) is 11.1. The summed E-state index contributed by atoms with van der Waals surface area (Å²) < 4.78 is 5.84. The molecule has 2 aromatic carbocycles. The summed E-state index contributed by atoms with van der Waals surface area (Å²) in [5.74, 6) is 0.435. The van der Waals surface area contributed by atoms with Crippen LogP contribution >= 0.6 is 0 Å². The van der Waals surface area contributed by atoms with Gasteiger partial charge in [0.2, 0.25) is 0 Å². The number of nitrogens with two attached hydrogens (primary N) is 2. The van der Waals surface area contributed by atoms with Gasteiger partial charge in [-0.1, -0.05) is 12.1 Å². The van der Waals surface area contributed by atoms with Gasteiger partial charge < -0.3 is 16.2 Å². The molecule has 3 rings (SSSR count). The van der Waals surface area contributed by atoms with Crippen LogP contribution in [0.5, 0.6) is 11.5 Å². The molecule has 104 valence electrons. The highest BCUT2D eigenvalue weighted by Crippen LogP contribution is 2.33. The van der Waals surface area contributed by atoms with E-state index >= 15 is 0 Å². The first kappa shape index (κ1) is 12.9. The summed E-state index contributed by atoms with van der Waals surface area (Å²) in [6.07, 6.45) is 3.34. The van der Waals surface area contributed by atoms with Gasteiger partial charge in [0.1, 0.15) is 11.5 Å². The highest BCUT2D eigenvalue weighted by atomic mass is 16.5. The van der Waals surface area contributed by atoms with Crippen LogP contribution in [0.2, 0.25) is 0 Å². The van der Waals surface area contributed by atoms with Gasteiger partial charge in [-0.15, -0.1) is 0 Å². The second kappa shape index (κ2) is 5.13. The van der Waals surface area contributed by atoms with Gasteiger partial charge in [-0.2, -0.15) is 0 Å². The number of primary amides is 1. The van der Waals surface area contributed by atoms with Gasteiger partial charge in [0.15, 0.2) is 0 Å². The third-order valence-corrected chi connectivity index (χ3v) is 3.18. The van der Waals surface area contributed by atoms with E-state index in [1.54, 1.807) is 48.8 Å². The number of nitrogen functional groups attached to an aromatic ring is 1. The van der Waals surface area contributed by atoms with E-state index in [1.807, 2.05) is 6.07 Å². The molecule has 0 saturated carbocycles. The highest BCUT2D eigenvalue weighted by molar-refractivity contribution is 5.98. The Bertz CT molecular complexity index is 831. The van der Waals surface area contributed by atoms with Crippen molar-refractivity contribution in [1.82, 2.24) is 4.98 Å². The van der Waals surface area contributed by atoms with Gasteiger partial charge in [0, 0.05) is 28.9 Å². The summed E-state index contributed by atoms with van der Waals surface area (Å²) >= 11 is 0. The molecule has 0 aliphatic rings. The third-order valence-electron chi connectivity index (χ3n) is 3.18. The number of aromatic nitrogens is 1. The van der Waals surface area contributed by atoms with Crippen LogP contribution in [0.4, 0.5) is 5.69 Å². The molecule has 0 spiro atoms. The van der Waals surface area contributed by atoms with Crippen molar-refractivity contribution in [2.24, 2.45) is 5.73 Å². The molecule has 0 saturated heterocycles. The van der Waals surface area contributed by atoms with Crippen molar-refractivity contribution < 1.29 is 9.53 Å². The molecule has 0 unspecified atom stereocenters. The number of carbonyl (C=O) groups excluding carboxylic acids is 1. The Labute approximate surface area is 121 Å². The van der Waals surface area contributed by atoms with E-state index in [1.165, 1.54) is 0 Å². The van der Waals surface area contributed by atoms with Crippen LogP contribution in [0, 0.1) is 0 Å². The molecule has 1 aromatic heterocycles. The number of amides is 1. The van der Waals surface area contributed by atoms with E-state index in [-0.39, 0.29) is 0 Å². The average Bonchev–Trinajstić information content (AvgIpc) is 2.51. The number of anilines is 1. The van der Waals surface area contributed by atoms with E-state index in [2.05, 4.69) is 4.98 Å². The second-order valence-electron chi connectivity index (χ2n) is 4.54. The number of para-hydroxylation sites is 1. The lowest BCUT2D eigenvalue weighted by molar-refractivity contribution is 0.0998. The summed E-state index contributed by atoms with van der Waals surface area (Å²) in [7, 11) is 0. The Morgan fingerprint density at radius 2 is 1.81 bits per heavy atom. The van der Waals surface area contributed by atoms with Crippen LogP contribution in [0.1, 0.15) is 10.4 Å². The van der Waals surface area contributed by atoms with Crippen LogP contribution in [-0.2, 0) is 0 Å². The fraction of sp³-hybridized carbons (Fsp3) is 0. The largest absolute Gasteiger partial charge is 0.456 e. The van der Waals surface area contributed by atoms with E-state index in [0.29, 0.717) is 22.7 Å². The van der Waals surface area contributed by atoms with Crippen molar-refractivity contribution >= 4 is 22.4 Å². The topological polar surface area (TPSA) is 91.2 Å². The average molecular weight is 279 g/mol. The second-order valence-corrected chi connectivity index (χ2v) is 4.54. The number of carbonyl (C=O) groups is 1. The van der Waals surface area contributed by atoms with E-state index in [0.717, 1.165) is 10.8 Å². The van der Waals surface area contributed by atoms with Gasteiger partial charge in [0.05, 0.1) is 5.56 Å². The number of hydrogen-bond acceptors (Lipinski definition) is 4. The van der Waals surface area contributed by atoms with Gasteiger partial charge in [-0.25, -0.2) is 0 Å². The standard InChI is InChI=1S/C16H13N3O2/c17-13-5-6-15(12-9-19-8-7-10(12)13)21-14-4-2-1-3-11(14)16(18)20/h1-9H,17H2,(H2,18,20). The van der Waals surface area contributed by atoms with Crippen LogP contribution in [0.3, 0.4) is 0 Å². The normalized spacial score (nSPS) is 10.5.